The highest BCUT2D eigenvalue weighted by atomic mass is 32.2. The van der Waals surface area contributed by atoms with Crippen molar-refractivity contribution in [3.63, 3.8) is 0 Å². The summed E-state index contributed by atoms with van der Waals surface area (Å²) in [5.74, 6) is -1.80. The molecule has 0 saturated heterocycles. The Labute approximate surface area is 125 Å². The summed E-state index contributed by atoms with van der Waals surface area (Å²) in [5, 5.41) is 6.89. The maximum atomic E-state index is 10.8. The average molecular weight is 346 g/mol. The maximum absolute atomic E-state index is 10.8. The molecule has 8 nitrogen and oxygen atoms in total. The van der Waals surface area contributed by atoms with E-state index in [1.807, 2.05) is 0 Å². The van der Waals surface area contributed by atoms with Gasteiger partial charge in [0.2, 0.25) is 0 Å². The van der Waals surface area contributed by atoms with Crippen LogP contribution in [0, 0.1) is 0 Å². The van der Waals surface area contributed by atoms with Crippen molar-refractivity contribution in [1.29, 1.82) is 0 Å². The molecule has 1 unspecified atom stereocenters. The Hall–Kier alpha value is -0.710. The number of aliphatic carboxylic acids is 1. The number of carbonyl (C=O) groups is 1. The zero-order chi connectivity index (χ0) is 16.5. The molecule has 0 spiro atoms. The Morgan fingerprint density at radius 2 is 1.24 bits per heavy atom. The molecule has 0 amide bonds. The van der Waals surface area contributed by atoms with Gasteiger partial charge >= 0.3 is 5.97 Å². The van der Waals surface area contributed by atoms with Crippen LogP contribution in [0.2, 0.25) is 0 Å². The zero-order valence-electron chi connectivity index (χ0n) is 11.6. The van der Waals surface area contributed by atoms with Crippen molar-refractivity contribution in [2.75, 3.05) is 5.75 Å². The van der Waals surface area contributed by atoms with Crippen molar-refractivity contribution >= 4 is 26.2 Å². The smallest absolute Gasteiger partial charge is 0.324 e. The van der Waals surface area contributed by atoms with Gasteiger partial charge in [-0.1, -0.05) is 38.5 Å². The lowest BCUT2D eigenvalue weighted by molar-refractivity contribution is -0.136. The SMILES string of the molecule is O=C(O)C(CCCCCCCCCS(=O)(=O)O)S(=O)(=O)O. The van der Waals surface area contributed by atoms with E-state index in [1.165, 1.54) is 0 Å². The molecule has 0 rings (SSSR count). The minimum atomic E-state index is -4.56. The molecule has 126 valence electrons. The van der Waals surface area contributed by atoms with E-state index in [-0.39, 0.29) is 12.2 Å². The first-order valence-electron chi connectivity index (χ1n) is 6.68. The van der Waals surface area contributed by atoms with Gasteiger partial charge in [0.05, 0.1) is 5.75 Å². The van der Waals surface area contributed by atoms with Crippen LogP contribution in [0.4, 0.5) is 0 Å². The van der Waals surface area contributed by atoms with Crippen LogP contribution < -0.4 is 0 Å². The molecule has 0 fully saturated rings. The Balaban J connectivity index is 3.66. The Kier molecular flexibility index (Phi) is 9.02. The van der Waals surface area contributed by atoms with E-state index >= 15 is 0 Å². The molecular weight excluding hydrogens is 324 g/mol. The second-order valence-electron chi connectivity index (χ2n) is 4.89. The monoisotopic (exact) mass is 346 g/mol. The van der Waals surface area contributed by atoms with Crippen LogP contribution in [0.1, 0.15) is 51.4 Å². The van der Waals surface area contributed by atoms with Gasteiger partial charge in [0, 0.05) is 0 Å². The van der Waals surface area contributed by atoms with E-state index in [1.54, 1.807) is 0 Å². The third kappa shape index (κ3) is 11.6. The number of hydrogen-bond donors (Lipinski definition) is 3. The van der Waals surface area contributed by atoms with E-state index in [0.29, 0.717) is 25.7 Å². The molecule has 0 saturated carbocycles. The van der Waals surface area contributed by atoms with Crippen molar-refractivity contribution in [2.45, 2.75) is 56.6 Å². The first-order chi connectivity index (χ1) is 9.54. The zero-order valence-corrected chi connectivity index (χ0v) is 13.3. The molecule has 0 aromatic heterocycles. The second-order valence-corrected chi connectivity index (χ2v) is 8.06. The van der Waals surface area contributed by atoms with Crippen LogP contribution in [0.3, 0.4) is 0 Å². The molecule has 21 heavy (non-hydrogen) atoms. The summed E-state index contributed by atoms with van der Waals surface area (Å²) in [6.45, 7) is 0. The highest BCUT2D eigenvalue weighted by Crippen LogP contribution is 2.13. The minimum absolute atomic E-state index is 0.128. The summed E-state index contributed by atoms with van der Waals surface area (Å²) in [7, 11) is -8.46. The van der Waals surface area contributed by atoms with Crippen LogP contribution in [0.5, 0.6) is 0 Å². The second kappa shape index (κ2) is 9.34. The lowest BCUT2D eigenvalue weighted by Crippen LogP contribution is -2.29. The molecule has 0 aromatic carbocycles. The molecule has 0 bridgehead atoms. The molecule has 3 N–H and O–H groups in total. The number of rotatable bonds is 12. The summed E-state index contributed by atoms with van der Waals surface area (Å²) in [4.78, 5) is 10.7. The molecule has 0 aliphatic rings. The summed E-state index contributed by atoms with van der Waals surface area (Å²) in [6, 6.07) is 0. The average Bonchev–Trinajstić information content (AvgIpc) is 2.27. The molecule has 0 radical (unpaired) electrons. The van der Waals surface area contributed by atoms with Crippen molar-refractivity contribution in [1.82, 2.24) is 0 Å². The van der Waals surface area contributed by atoms with Gasteiger partial charge in [-0.3, -0.25) is 13.9 Å². The van der Waals surface area contributed by atoms with Gasteiger partial charge < -0.3 is 5.11 Å². The summed E-state index contributed by atoms with van der Waals surface area (Å²) >= 11 is 0. The van der Waals surface area contributed by atoms with Crippen LogP contribution >= 0.6 is 0 Å². The predicted octanol–water partition coefficient (Wildman–Crippen LogP) is 1.34. The molecule has 10 heteroatoms. The molecule has 0 aliphatic heterocycles. The van der Waals surface area contributed by atoms with Crippen molar-refractivity contribution in [3.05, 3.63) is 0 Å². The van der Waals surface area contributed by atoms with Crippen molar-refractivity contribution in [2.24, 2.45) is 0 Å². The number of carboxylic acids is 1. The fourth-order valence-electron chi connectivity index (χ4n) is 1.90. The van der Waals surface area contributed by atoms with E-state index in [4.69, 9.17) is 14.2 Å². The highest BCUT2D eigenvalue weighted by molar-refractivity contribution is 7.87. The number of hydrogen-bond acceptors (Lipinski definition) is 5. The van der Waals surface area contributed by atoms with Crippen LogP contribution in [-0.4, -0.2) is 48.0 Å². The summed E-state index contributed by atoms with van der Waals surface area (Å²) < 4.78 is 59.7. The lowest BCUT2D eigenvalue weighted by Gasteiger charge is -2.08. The highest BCUT2D eigenvalue weighted by Gasteiger charge is 2.29. The van der Waals surface area contributed by atoms with E-state index in [0.717, 1.165) is 19.3 Å². The minimum Gasteiger partial charge on any atom is -0.480 e. The van der Waals surface area contributed by atoms with E-state index in [9.17, 15) is 21.6 Å². The summed E-state index contributed by atoms with van der Waals surface area (Å²) in [5.41, 5.74) is 0. The first kappa shape index (κ1) is 20.3. The van der Waals surface area contributed by atoms with Crippen molar-refractivity contribution < 1.29 is 35.8 Å². The van der Waals surface area contributed by atoms with Gasteiger partial charge in [0.1, 0.15) is 0 Å². The molecule has 0 aliphatic carbocycles. The molecule has 0 aromatic rings. The van der Waals surface area contributed by atoms with Crippen LogP contribution in [0.25, 0.3) is 0 Å². The predicted molar refractivity (Wildman–Crippen MR) is 76.3 cm³/mol. The Morgan fingerprint density at radius 3 is 1.62 bits per heavy atom. The fourth-order valence-corrected chi connectivity index (χ4v) is 3.19. The number of carboxylic acid groups (broad SMARTS) is 1. The van der Waals surface area contributed by atoms with Crippen LogP contribution in [0.15, 0.2) is 0 Å². The number of unbranched alkanes of at least 4 members (excludes halogenated alkanes) is 6. The van der Waals surface area contributed by atoms with Crippen molar-refractivity contribution in [3.8, 4) is 0 Å². The topological polar surface area (TPSA) is 146 Å². The van der Waals surface area contributed by atoms with Gasteiger partial charge in [-0.05, 0) is 12.8 Å². The maximum Gasteiger partial charge on any atom is 0.324 e. The van der Waals surface area contributed by atoms with Crippen LogP contribution in [-0.2, 0) is 25.0 Å². The Bertz CT molecular complexity index is 508. The first-order valence-corrected chi connectivity index (χ1v) is 9.79. The van der Waals surface area contributed by atoms with Gasteiger partial charge in [-0.25, -0.2) is 0 Å². The van der Waals surface area contributed by atoms with Gasteiger partial charge in [-0.15, -0.1) is 0 Å². The van der Waals surface area contributed by atoms with Gasteiger partial charge in [0.25, 0.3) is 20.2 Å². The third-order valence-corrected chi connectivity index (χ3v) is 4.96. The largest absolute Gasteiger partial charge is 0.480 e. The van der Waals surface area contributed by atoms with E-state index in [2.05, 4.69) is 0 Å². The third-order valence-electron chi connectivity index (χ3n) is 3.00. The Morgan fingerprint density at radius 1 is 0.810 bits per heavy atom. The summed E-state index contributed by atoms with van der Waals surface area (Å²) in [6.07, 6.45) is 4.32. The van der Waals surface area contributed by atoms with Gasteiger partial charge in [0.15, 0.2) is 5.25 Å². The fraction of sp³-hybridized carbons (Fsp3) is 0.909. The molecule has 0 heterocycles. The molecule has 1 atom stereocenters. The van der Waals surface area contributed by atoms with E-state index < -0.39 is 31.5 Å². The molecular formula is C11H22O8S2. The standard InChI is InChI=1S/C11H22O8S2/c12-11(13)10(21(17,18)19)8-6-4-2-1-3-5-7-9-20(14,15)16/h10H,1-9H2,(H,12,13)(H,14,15,16)(H,17,18,19). The normalized spacial score (nSPS) is 14.0. The van der Waals surface area contributed by atoms with Gasteiger partial charge in [-0.2, -0.15) is 16.8 Å². The quantitative estimate of drug-likeness (QED) is 0.354. The lowest BCUT2D eigenvalue weighted by atomic mass is 10.1.